The van der Waals surface area contributed by atoms with Crippen molar-refractivity contribution < 1.29 is 9.13 Å². The summed E-state index contributed by atoms with van der Waals surface area (Å²) in [7, 11) is 0. The molecule has 1 N–H and O–H groups in total. The minimum atomic E-state index is -1.07. The van der Waals surface area contributed by atoms with Gasteiger partial charge in [-0.25, -0.2) is 4.39 Å². The van der Waals surface area contributed by atoms with Gasteiger partial charge in [0.2, 0.25) is 0 Å². The Kier molecular flexibility index (Phi) is 5.28. The predicted molar refractivity (Wildman–Crippen MR) is 115 cm³/mol. The number of nitrogens with zero attached hydrogens (tertiary/aromatic N) is 2. The molecule has 4 aliphatic carbocycles. The number of ether oxygens (including phenoxy) is 1. The van der Waals surface area contributed by atoms with E-state index in [-0.39, 0.29) is 16.9 Å². The average Bonchev–Trinajstić information content (AvgIpc) is 2.66. The zero-order valence-corrected chi connectivity index (χ0v) is 18.6. The maximum absolute atomic E-state index is 13.4. The van der Waals surface area contributed by atoms with E-state index in [1.807, 2.05) is 11.8 Å². The highest BCUT2D eigenvalue weighted by atomic mass is 35.5. The summed E-state index contributed by atoms with van der Waals surface area (Å²) in [6.07, 6.45) is 10.4. The molecule has 29 heavy (non-hydrogen) atoms. The third kappa shape index (κ3) is 3.61. The van der Waals surface area contributed by atoms with Crippen LogP contribution in [0.3, 0.4) is 0 Å². The number of nitriles is 1. The molecule has 4 aliphatic rings. The number of hydrogen-bond acceptors (Lipinski definition) is 4. The quantitative estimate of drug-likeness (QED) is 0.278. The van der Waals surface area contributed by atoms with Gasteiger partial charge in [-0.1, -0.05) is 11.6 Å². The van der Waals surface area contributed by atoms with Gasteiger partial charge in [-0.15, -0.1) is 0 Å². The van der Waals surface area contributed by atoms with Crippen LogP contribution < -0.4 is 4.74 Å². The Balaban J connectivity index is 1.56. The Labute approximate surface area is 181 Å². The lowest BCUT2D eigenvalue weighted by atomic mass is 9.53. The standard InChI is InChI=1S/C22H27ClFN3OS/c1-21(2,28-18-5-4-16(24)8-17(18)23)20(26)27(12-25)19-14-6-13-7-15(19)11-22(9-13,10-14)29-3/h4-5,8,13-15,19,26H,6-7,9-11H2,1-3H3. The first kappa shape index (κ1) is 20.8. The summed E-state index contributed by atoms with van der Waals surface area (Å²) in [5, 5.41) is 19.0. The van der Waals surface area contributed by atoms with Gasteiger partial charge in [0.1, 0.15) is 11.6 Å². The largest absolute Gasteiger partial charge is 0.478 e. The highest BCUT2D eigenvalue weighted by molar-refractivity contribution is 8.00. The Bertz CT molecular complexity index is 854. The maximum atomic E-state index is 13.4. The van der Waals surface area contributed by atoms with E-state index in [4.69, 9.17) is 21.7 Å². The highest BCUT2D eigenvalue weighted by Gasteiger charge is 2.57. The Hall–Kier alpha value is -1.45. The van der Waals surface area contributed by atoms with Crippen LogP contribution in [0.2, 0.25) is 5.02 Å². The zero-order chi connectivity index (χ0) is 21.0. The molecule has 0 radical (unpaired) electrons. The Morgan fingerprint density at radius 1 is 1.34 bits per heavy atom. The van der Waals surface area contributed by atoms with Crippen molar-refractivity contribution in [3.05, 3.63) is 29.0 Å². The van der Waals surface area contributed by atoms with Crippen LogP contribution in [0.1, 0.15) is 46.0 Å². The van der Waals surface area contributed by atoms with Crippen molar-refractivity contribution in [1.82, 2.24) is 4.90 Å². The summed E-state index contributed by atoms with van der Waals surface area (Å²) in [6, 6.07) is 4.01. The maximum Gasteiger partial charge on any atom is 0.185 e. The van der Waals surface area contributed by atoms with Crippen LogP contribution >= 0.6 is 23.4 Å². The van der Waals surface area contributed by atoms with Crippen LogP contribution in [0.4, 0.5) is 4.39 Å². The molecule has 1 aromatic carbocycles. The first-order chi connectivity index (χ1) is 13.7. The fourth-order valence-electron chi connectivity index (χ4n) is 6.03. The van der Waals surface area contributed by atoms with Gasteiger partial charge in [0.05, 0.1) is 11.1 Å². The van der Waals surface area contributed by atoms with Crippen molar-refractivity contribution in [3.63, 3.8) is 0 Å². The minimum Gasteiger partial charge on any atom is -0.478 e. The number of hydrogen-bond donors (Lipinski definition) is 1. The van der Waals surface area contributed by atoms with Crippen LogP contribution in [-0.2, 0) is 0 Å². The van der Waals surface area contributed by atoms with Crippen LogP contribution in [0, 0.1) is 40.4 Å². The molecule has 0 heterocycles. The number of rotatable bonds is 5. The first-order valence-electron chi connectivity index (χ1n) is 10.2. The molecule has 4 bridgehead atoms. The van der Waals surface area contributed by atoms with Crippen LogP contribution in [0.5, 0.6) is 5.75 Å². The molecular weight excluding hydrogens is 409 g/mol. The van der Waals surface area contributed by atoms with Gasteiger partial charge >= 0.3 is 0 Å². The lowest BCUT2D eigenvalue weighted by Gasteiger charge is -2.61. The van der Waals surface area contributed by atoms with Crippen LogP contribution in [-0.4, -0.2) is 33.4 Å². The number of thioether (sulfide) groups is 1. The number of nitrogens with one attached hydrogen (secondary N) is 1. The van der Waals surface area contributed by atoms with E-state index in [1.165, 1.54) is 24.6 Å². The number of benzene rings is 1. The highest BCUT2D eigenvalue weighted by Crippen LogP contribution is 2.61. The van der Waals surface area contributed by atoms with E-state index in [0.29, 0.717) is 22.3 Å². The van der Waals surface area contributed by atoms with Crippen molar-refractivity contribution in [2.75, 3.05) is 6.26 Å². The normalized spacial score (nSPS) is 32.7. The average molecular weight is 436 g/mol. The lowest BCUT2D eigenvalue weighted by Crippen LogP contribution is -2.62. The summed E-state index contributed by atoms with van der Waals surface area (Å²) in [5.41, 5.74) is -1.07. The molecule has 0 spiro atoms. The molecule has 0 saturated heterocycles. The molecule has 0 aromatic heterocycles. The fourth-order valence-corrected chi connectivity index (χ4v) is 7.40. The van der Waals surface area contributed by atoms with Crippen LogP contribution in [0.25, 0.3) is 0 Å². The molecule has 4 fully saturated rings. The molecule has 1 aromatic rings. The van der Waals surface area contributed by atoms with Crippen molar-refractivity contribution in [2.45, 2.75) is 62.3 Å². The SMILES string of the molecule is CSC12CC3CC(C1)C(N(C#N)C(=N)C(C)(C)Oc1ccc(F)cc1Cl)C(C3)C2. The summed E-state index contributed by atoms with van der Waals surface area (Å²) in [5.74, 6) is 1.65. The molecule has 156 valence electrons. The van der Waals surface area contributed by atoms with E-state index in [9.17, 15) is 9.65 Å². The minimum absolute atomic E-state index is 0.0656. The summed E-state index contributed by atoms with van der Waals surface area (Å²) >= 11 is 8.11. The third-order valence-corrected chi connectivity index (χ3v) is 8.74. The van der Waals surface area contributed by atoms with Gasteiger partial charge in [-0.2, -0.15) is 17.0 Å². The molecule has 2 atom stereocenters. The molecule has 7 heteroatoms. The second kappa shape index (κ2) is 7.35. The second-order valence-corrected chi connectivity index (χ2v) is 11.0. The Morgan fingerprint density at radius 3 is 2.55 bits per heavy atom. The Morgan fingerprint density at radius 2 is 2.00 bits per heavy atom. The van der Waals surface area contributed by atoms with E-state index in [2.05, 4.69) is 12.4 Å². The second-order valence-electron chi connectivity index (χ2n) is 9.35. The molecular formula is C22H27ClFN3OS. The van der Waals surface area contributed by atoms with Gasteiger partial charge in [0, 0.05) is 4.75 Å². The monoisotopic (exact) mass is 435 g/mol. The van der Waals surface area contributed by atoms with Crippen molar-refractivity contribution in [1.29, 1.82) is 10.7 Å². The van der Waals surface area contributed by atoms with Gasteiger partial charge in [0.25, 0.3) is 0 Å². The zero-order valence-electron chi connectivity index (χ0n) is 17.0. The van der Waals surface area contributed by atoms with Gasteiger partial charge in [0.15, 0.2) is 17.6 Å². The van der Waals surface area contributed by atoms with E-state index >= 15 is 0 Å². The number of amidine groups is 1. The van der Waals surface area contributed by atoms with Gasteiger partial charge in [-0.3, -0.25) is 10.3 Å². The topological polar surface area (TPSA) is 60.1 Å². The van der Waals surface area contributed by atoms with E-state index in [1.54, 1.807) is 18.7 Å². The smallest absolute Gasteiger partial charge is 0.185 e. The lowest BCUT2D eigenvalue weighted by molar-refractivity contribution is -0.0213. The van der Waals surface area contributed by atoms with Crippen molar-refractivity contribution >= 4 is 29.2 Å². The summed E-state index contributed by atoms with van der Waals surface area (Å²) in [6.45, 7) is 3.53. The molecule has 5 rings (SSSR count). The number of halogens is 2. The third-order valence-electron chi connectivity index (χ3n) is 7.08. The van der Waals surface area contributed by atoms with E-state index in [0.717, 1.165) is 31.6 Å². The van der Waals surface area contributed by atoms with Gasteiger partial charge < -0.3 is 4.74 Å². The van der Waals surface area contributed by atoms with Crippen molar-refractivity contribution in [2.24, 2.45) is 17.8 Å². The van der Waals surface area contributed by atoms with Gasteiger partial charge in [-0.05, 0) is 88.2 Å². The summed E-state index contributed by atoms with van der Waals surface area (Å²) < 4.78 is 19.7. The molecule has 4 nitrogen and oxygen atoms in total. The summed E-state index contributed by atoms with van der Waals surface area (Å²) in [4.78, 5) is 1.60. The molecule has 0 aliphatic heterocycles. The fraction of sp³-hybridized carbons (Fsp3) is 0.636. The first-order valence-corrected chi connectivity index (χ1v) is 11.8. The molecule has 2 unspecified atom stereocenters. The van der Waals surface area contributed by atoms with Crippen molar-refractivity contribution in [3.8, 4) is 11.9 Å². The van der Waals surface area contributed by atoms with Crippen LogP contribution in [0.15, 0.2) is 18.2 Å². The predicted octanol–water partition coefficient (Wildman–Crippen LogP) is 5.71. The molecule has 4 saturated carbocycles. The molecule has 0 amide bonds. The van der Waals surface area contributed by atoms with E-state index < -0.39 is 11.4 Å².